The Kier molecular flexibility index (Phi) is 3.92. The molecule has 0 spiro atoms. The minimum Gasteiger partial charge on any atom is -0.480 e. The van der Waals surface area contributed by atoms with Crippen molar-refractivity contribution in [3.63, 3.8) is 0 Å². The molecular weight excluding hydrogens is 242 g/mol. The Bertz CT molecular complexity index is 478. The number of aryl methyl sites for hydroxylation is 2. The molecule has 0 bridgehead atoms. The first-order valence-corrected chi connectivity index (χ1v) is 6.52. The van der Waals surface area contributed by atoms with Crippen molar-refractivity contribution in [3.8, 4) is 0 Å². The van der Waals surface area contributed by atoms with Gasteiger partial charge in [-0.1, -0.05) is 18.2 Å². The van der Waals surface area contributed by atoms with Gasteiger partial charge in [0, 0.05) is 19.6 Å². The summed E-state index contributed by atoms with van der Waals surface area (Å²) in [5.41, 5.74) is 3.60. The summed E-state index contributed by atoms with van der Waals surface area (Å²) in [5.74, 6) is -0.908. The minimum atomic E-state index is -0.908. The van der Waals surface area contributed by atoms with E-state index in [1.807, 2.05) is 6.92 Å². The maximum Gasteiger partial charge on any atom is 0.329 e. The van der Waals surface area contributed by atoms with Gasteiger partial charge in [0.05, 0.1) is 5.60 Å². The third-order valence-electron chi connectivity index (χ3n) is 3.64. The van der Waals surface area contributed by atoms with Crippen molar-refractivity contribution >= 4 is 5.97 Å². The lowest BCUT2D eigenvalue weighted by Gasteiger charge is -2.47. The van der Waals surface area contributed by atoms with Gasteiger partial charge >= 0.3 is 5.97 Å². The summed E-state index contributed by atoms with van der Waals surface area (Å²) in [6, 6.07) is 6.50. The van der Waals surface area contributed by atoms with Crippen LogP contribution in [0.15, 0.2) is 18.2 Å². The van der Waals surface area contributed by atoms with E-state index in [-0.39, 0.29) is 12.2 Å². The number of nitrogens with zero attached hydrogens (tertiary/aromatic N) is 1. The second-order valence-electron chi connectivity index (χ2n) is 5.70. The van der Waals surface area contributed by atoms with Gasteiger partial charge in [-0.15, -0.1) is 0 Å². The molecule has 19 heavy (non-hydrogen) atoms. The highest BCUT2D eigenvalue weighted by molar-refractivity contribution is 5.68. The second-order valence-corrected chi connectivity index (χ2v) is 5.70. The van der Waals surface area contributed by atoms with Crippen molar-refractivity contribution in [2.45, 2.75) is 32.9 Å². The van der Waals surface area contributed by atoms with E-state index in [0.717, 1.165) is 19.6 Å². The van der Waals surface area contributed by atoms with E-state index >= 15 is 0 Å². The second kappa shape index (κ2) is 5.31. The first-order valence-electron chi connectivity index (χ1n) is 6.52. The molecule has 1 saturated heterocycles. The normalized spacial score (nSPS) is 18.1. The van der Waals surface area contributed by atoms with Crippen molar-refractivity contribution in [1.29, 1.82) is 0 Å². The Morgan fingerprint density at radius 3 is 2.63 bits per heavy atom. The molecule has 0 amide bonds. The standard InChI is InChI=1S/C15H21NO3/c1-11-4-5-13(6-12(11)2)7-16-9-15(3,10-16)19-8-14(17)18/h4-6H,7-10H2,1-3H3,(H,17,18). The van der Waals surface area contributed by atoms with Crippen LogP contribution in [0.4, 0.5) is 0 Å². The SMILES string of the molecule is Cc1ccc(CN2CC(C)(OCC(=O)O)C2)cc1C. The van der Waals surface area contributed by atoms with E-state index in [9.17, 15) is 4.79 Å². The average molecular weight is 263 g/mol. The van der Waals surface area contributed by atoms with Crippen molar-refractivity contribution in [2.24, 2.45) is 0 Å². The number of rotatable bonds is 5. The number of hydrogen-bond acceptors (Lipinski definition) is 3. The predicted molar refractivity (Wildman–Crippen MR) is 73.2 cm³/mol. The number of likely N-dealkylation sites (tertiary alicyclic amines) is 1. The fraction of sp³-hybridized carbons (Fsp3) is 0.533. The van der Waals surface area contributed by atoms with Crippen LogP contribution < -0.4 is 0 Å². The van der Waals surface area contributed by atoms with Gasteiger partial charge in [-0.05, 0) is 37.5 Å². The molecule has 2 rings (SSSR count). The smallest absolute Gasteiger partial charge is 0.329 e. The molecule has 0 atom stereocenters. The van der Waals surface area contributed by atoms with Crippen LogP contribution in [0.5, 0.6) is 0 Å². The van der Waals surface area contributed by atoms with Gasteiger partial charge in [-0.25, -0.2) is 4.79 Å². The number of carboxylic acid groups (broad SMARTS) is 1. The van der Waals surface area contributed by atoms with Crippen LogP contribution >= 0.6 is 0 Å². The number of aliphatic carboxylic acids is 1. The average Bonchev–Trinajstić information content (AvgIpc) is 2.29. The van der Waals surface area contributed by atoms with Crippen LogP contribution in [-0.4, -0.2) is 41.3 Å². The molecule has 0 aromatic heterocycles. The third kappa shape index (κ3) is 3.55. The maximum absolute atomic E-state index is 10.5. The van der Waals surface area contributed by atoms with Crippen LogP contribution in [0.25, 0.3) is 0 Å². The van der Waals surface area contributed by atoms with E-state index in [4.69, 9.17) is 9.84 Å². The molecule has 1 N–H and O–H groups in total. The van der Waals surface area contributed by atoms with Gasteiger partial charge in [0.1, 0.15) is 6.61 Å². The number of carboxylic acids is 1. The van der Waals surface area contributed by atoms with Crippen LogP contribution in [0.1, 0.15) is 23.6 Å². The lowest BCUT2D eigenvalue weighted by molar-refractivity contribution is -0.165. The van der Waals surface area contributed by atoms with E-state index in [1.165, 1.54) is 16.7 Å². The molecular formula is C15H21NO3. The molecule has 0 aliphatic carbocycles. The fourth-order valence-corrected chi connectivity index (χ4v) is 2.50. The Morgan fingerprint density at radius 1 is 1.37 bits per heavy atom. The molecule has 1 aliphatic rings. The summed E-state index contributed by atoms with van der Waals surface area (Å²) in [5, 5.41) is 8.62. The minimum absolute atomic E-state index is 0.214. The zero-order valence-corrected chi connectivity index (χ0v) is 11.8. The molecule has 4 heteroatoms. The first kappa shape index (κ1) is 14.0. The highest BCUT2D eigenvalue weighted by atomic mass is 16.5. The summed E-state index contributed by atoms with van der Waals surface area (Å²) in [7, 11) is 0. The molecule has 1 aliphatic heterocycles. The van der Waals surface area contributed by atoms with Gasteiger partial charge in [-0.2, -0.15) is 0 Å². The topological polar surface area (TPSA) is 49.8 Å². The van der Waals surface area contributed by atoms with Gasteiger partial charge in [0.15, 0.2) is 0 Å². The molecule has 0 radical (unpaired) electrons. The van der Waals surface area contributed by atoms with Crippen molar-refractivity contribution in [2.75, 3.05) is 19.7 Å². The molecule has 0 saturated carbocycles. The van der Waals surface area contributed by atoms with Gasteiger partial charge in [0.25, 0.3) is 0 Å². The summed E-state index contributed by atoms with van der Waals surface area (Å²) in [6.45, 7) is 8.45. The predicted octanol–water partition coefficient (Wildman–Crippen LogP) is 1.98. The maximum atomic E-state index is 10.5. The highest BCUT2D eigenvalue weighted by Crippen LogP contribution is 2.26. The van der Waals surface area contributed by atoms with Crippen LogP contribution in [0, 0.1) is 13.8 Å². The quantitative estimate of drug-likeness (QED) is 0.882. The Morgan fingerprint density at radius 2 is 2.05 bits per heavy atom. The largest absolute Gasteiger partial charge is 0.480 e. The van der Waals surface area contributed by atoms with E-state index in [1.54, 1.807) is 0 Å². The van der Waals surface area contributed by atoms with E-state index in [0.29, 0.717) is 0 Å². The van der Waals surface area contributed by atoms with Gasteiger partial charge in [-0.3, -0.25) is 4.90 Å². The summed E-state index contributed by atoms with van der Waals surface area (Å²) >= 11 is 0. The number of ether oxygens (including phenoxy) is 1. The van der Waals surface area contributed by atoms with Gasteiger partial charge < -0.3 is 9.84 Å². The zero-order chi connectivity index (χ0) is 14.0. The molecule has 104 valence electrons. The van der Waals surface area contributed by atoms with Crippen molar-refractivity contribution in [3.05, 3.63) is 34.9 Å². The molecule has 4 nitrogen and oxygen atoms in total. The van der Waals surface area contributed by atoms with E-state index < -0.39 is 5.97 Å². The summed E-state index contributed by atoms with van der Waals surface area (Å²) in [6.07, 6.45) is 0. The summed E-state index contributed by atoms with van der Waals surface area (Å²) in [4.78, 5) is 12.8. The fourth-order valence-electron chi connectivity index (χ4n) is 2.50. The first-order chi connectivity index (χ1) is 8.88. The Balaban J connectivity index is 1.84. The third-order valence-corrected chi connectivity index (χ3v) is 3.64. The molecule has 0 unspecified atom stereocenters. The highest BCUT2D eigenvalue weighted by Gasteiger charge is 2.39. The molecule has 1 aromatic rings. The number of benzene rings is 1. The monoisotopic (exact) mass is 263 g/mol. The van der Waals surface area contributed by atoms with E-state index in [2.05, 4.69) is 36.9 Å². The van der Waals surface area contributed by atoms with Crippen molar-refractivity contribution in [1.82, 2.24) is 4.90 Å². The van der Waals surface area contributed by atoms with Crippen molar-refractivity contribution < 1.29 is 14.6 Å². The Hall–Kier alpha value is -1.39. The molecule has 1 aromatic carbocycles. The summed E-state index contributed by atoms with van der Waals surface area (Å²) < 4.78 is 5.40. The number of carbonyl (C=O) groups is 1. The zero-order valence-electron chi connectivity index (χ0n) is 11.8. The van der Waals surface area contributed by atoms with Gasteiger partial charge in [0.2, 0.25) is 0 Å². The number of hydrogen-bond donors (Lipinski definition) is 1. The van der Waals surface area contributed by atoms with Crippen LogP contribution in [0.3, 0.4) is 0 Å². The van der Waals surface area contributed by atoms with Crippen LogP contribution in [-0.2, 0) is 16.1 Å². The Labute approximate surface area is 114 Å². The molecule has 1 heterocycles. The lowest BCUT2D eigenvalue weighted by Crippen LogP contribution is -2.61. The lowest BCUT2D eigenvalue weighted by atomic mass is 9.95. The van der Waals surface area contributed by atoms with Crippen LogP contribution in [0.2, 0.25) is 0 Å². The molecule has 1 fully saturated rings.